The lowest BCUT2D eigenvalue weighted by Crippen LogP contribution is -2.47. The average molecular weight is 332 g/mol. The molecule has 0 aromatic carbocycles. The van der Waals surface area contributed by atoms with Crippen molar-refractivity contribution in [3.8, 4) is 0 Å². The number of carbonyl (C=O) groups is 1. The van der Waals surface area contributed by atoms with E-state index in [-0.39, 0.29) is 11.9 Å². The lowest BCUT2D eigenvalue weighted by molar-refractivity contribution is 0.0583. The molecule has 2 atom stereocenters. The second-order valence-electron chi connectivity index (χ2n) is 6.52. The van der Waals surface area contributed by atoms with Crippen molar-refractivity contribution in [3.05, 3.63) is 34.1 Å². The van der Waals surface area contributed by atoms with E-state index in [1.807, 2.05) is 10.4 Å². The predicted octanol–water partition coefficient (Wildman–Crippen LogP) is 2.18. The van der Waals surface area contributed by atoms with E-state index in [1.165, 1.54) is 6.42 Å². The summed E-state index contributed by atoms with van der Waals surface area (Å²) in [4.78, 5) is 21.7. The van der Waals surface area contributed by atoms with Crippen molar-refractivity contribution in [3.63, 3.8) is 0 Å². The number of hydrogen-bond acceptors (Lipinski definition) is 6. The Morgan fingerprint density at radius 3 is 3.04 bits per heavy atom. The van der Waals surface area contributed by atoms with E-state index in [9.17, 15) is 4.79 Å². The Bertz CT molecular complexity index is 684. The summed E-state index contributed by atoms with van der Waals surface area (Å²) in [5.74, 6) is 1.21. The smallest absolute Gasteiger partial charge is 0.259 e. The second kappa shape index (κ2) is 6.05. The van der Waals surface area contributed by atoms with E-state index >= 15 is 0 Å². The highest BCUT2D eigenvalue weighted by Gasteiger charge is 2.38. The van der Waals surface area contributed by atoms with Crippen LogP contribution in [0.2, 0.25) is 0 Å². The van der Waals surface area contributed by atoms with Crippen molar-refractivity contribution in [2.45, 2.75) is 32.4 Å². The Morgan fingerprint density at radius 2 is 2.30 bits per heavy atom. The molecule has 3 fully saturated rings. The van der Waals surface area contributed by atoms with E-state index in [1.54, 1.807) is 24.5 Å². The Kier molecular flexibility index (Phi) is 3.90. The maximum absolute atomic E-state index is 12.8. The molecule has 2 aromatic heterocycles. The first-order valence-corrected chi connectivity index (χ1v) is 8.96. The Labute approximate surface area is 139 Å². The molecule has 3 aliphatic rings. The normalized spacial score (nSPS) is 24.8. The van der Waals surface area contributed by atoms with Crippen molar-refractivity contribution < 1.29 is 9.32 Å². The zero-order valence-corrected chi connectivity index (χ0v) is 14.0. The molecule has 0 unspecified atom stereocenters. The van der Waals surface area contributed by atoms with Crippen LogP contribution in [0.15, 0.2) is 21.6 Å². The Balaban J connectivity index is 1.51. The summed E-state index contributed by atoms with van der Waals surface area (Å²) >= 11 is 1.64. The van der Waals surface area contributed by atoms with E-state index in [4.69, 9.17) is 4.52 Å². The number of amides is 1. The molecule has 1 amide bonds. The van der Waals surface area contributed by atoms with E-state index < -0.39 is 0 Å². The molecule has 0 saturated carbocycles. The molecule has 2 bridgehead atoms. The predicted molar refractivity (Wildman–Crippen MR) is 86.2 cm³/mol. The van der Waals surface area contributed by atoms with Gasteiger partial charge in [-0.2, -0.15) is 0 Å². The van der Waals surface area contributed by atoms with Crippen LogP contribution < -0.4 is 0 Å². The van der Waals surface area contributed by atoms with Crippen LogP contribution in [0.1, 0.15) is 34.7 Å². The highest BCUT2D eigenvalue weighted by Crippen LogP contribution is 2.30. The molecule has 5 heterocycles. The fourth-order valence-corrected chi connectivity index (χ4v) is 4.31. The van der Waals surface area contributed by atoms with Crippen LogP contribution in [0.5, 0.6) is 0 Å². The molecular formula is C16H20N4O2S. The molecule has 3 saturated heterocycles. The van der Waals surface area contributed by atoms with Crippen LogP contribution in [0.25, 0.3) is 0 Å². The third kappa shape index (κ3) is 2.90. The van der Waals surface area contributed by atoms with Crippen LogP contribution in [-0.4, -0.2) is 51.5 Å². The molecule has 0 spiro atoms. The highest BCUT2D eigenvalue weighted by molar-refractivity contribution is 7.07. The first-order chi connectivity index (χ1) is 11.2. The Morgan fingerprint density at radius 1 is 1.39 bits per heavy atom. The molecular weight excluding hydrogens is 312 g/mol. The summed E-state index contributed by atoms with van der Waals surface area (Å²) in [6, 6.07) is 0.272. The number of thiazole rings is 1. The van der Waals surface area contributed by atoms with E-state index in [0.717, 1.165) is 38.3 Å². The fraction of sp³-hybridized carbons (Fsp3) is 0.562. The number of nitrogens with zero attached hydrogens (tertiary/aromatic N) is 4. The van der Waals surface area contributed by atoms with Crippen LogP contribution in [0.3, 0.4) is 0 Å². The van der Waals surface area contributed by atoms with Crippen molar-refractivity contribution in [1.29, 1.82) is 0 Å². The molecule has 5 rings (SSSR count). The largest absolute Gasteiger partial charge is 0.361 e. The van der Waals surface area contributed by atoms with Gasteiger partial charge in [-0.1, -0.05) is 5.16 Å². The lowest BCUT2D eigenvalue weighted by Gasteiger charge is -2.36. The highest BCUT2D eigenvalue weighted by atomic mass is 32.1. The van der Waals surface area contributed by atoms with Gasteiger partial charge in [-0.05, 0) is 25.7 Å². The molecule has 122 valence electrons. The number of aryl methyl sites for hydroxylation is 1. The van der Waals surface area contributed by atoms with Crippen molar-refractivity contribution in [2.75, 3.05) is 19.6 Å². The van der Waals surface area contributed by atoms with Gasteiger partial charge in [0.2, 0.25) is 0 Å². The van der Waals surface area contributed by atoms with Gasteiger partial charge >= 0.3 is 0 Å². The molecule has 6 nitrogen and oxygen atoms in total. The van der Waals surface area contributed by atoms with Gasteiger partial charge in [-0.15, -0.1) is 11.3 Å². The van der Waals surface area contributed by atoms with Crippen molar-refractivity contribution >= 4 is 17.2 Å². The molecule has 0 aliphatic carbocycles. The van der Waals surface area contributed by atoms with E-state index in [2.05, 4.69) is 20.4 Å². The van der Waals surface area contributed by atoms with Crippen molar-refractivity contribution in [2.24, 2.45) is 5.92 Å². The topological polar surface area (TPSA) is 62.5 Å². The zero-order chi connectivity index (χ0) is 15.8. The maximum atomic E-state index is 12.8. The minimum atomic E-state index is 0.0639. The standard InChI is InChI=1S/C16H20N4O2S/c1-11-15(4-18-22-11)16(21)20-6-12-2-3-14(20)8-19(5-12)7-13-9-23-10-17-13/h4,9-10,12,14H,2-3,5-8H2,1H3/t12-,14+/m1/s1. The summed E-state index contributed by atoms with van der Waals surface area (Å²) in [6.07, 6.45) is 3.82. The maximum Gasteiger partial charge on any atom is 0.259 e. The molecule has 23 heavy (non-hydrogen) atoms. The summed E-state index contributed by atoms with van der Waals surface area (Å²) < 4.78 is 5.06. The summed E-state index contributed by atoms with van der Waals surface area (Å²) in [5.41, 5.74) is 3.61. The quantitative estimate of drug-likeness (QED) is 0.862. The monoisotopic (exact) mass is 332 g/mol. The summed E-state index contributed by atoms with van der Waals surface area (Å²) in [5, 5.41) is 5.86. The van der Waals surface area contributed by atoms with Crippen molar-refractivity contribution in [1.82, 2.24) is 19.9 Å². The molecule has 0 radical (unpaired) electrons. The fourth-order valence-electron chi connectivity index (χ4n) is 3.76. The van der Waals surface area contributed by atoms with Gasteiger partial charge in [0.25, 0.3) is 5.91 Å². The first kappa shape index (κ1) is 14.8. The number of rotatable bonds is 3. The third-order valence-electron chi connectivity index (χ3n) is 4.90. The molecule has 7 heteroatoms. The molecule has 0 N–H and O–H groups in total. The van der Waals surface area contributed by atoms with Crippen LogP contribution in [0, 0.1) is 12.8 Å². The van der Waals surface area contributed by atoms with Crippen LogP contribution in [0.4, 0.5) is 0 Å². The number of piperidine rings is 1. The van der Waals surface area contributed by atoms with Crippen LogP contribution >= 0.6 is 11.3 Å². The van der Waals surface area contributed by atoms with Gasteiger partial charge in [-0.3, -0.25) is 9.69 Å². The molecule has 2 aromatic rings. The van der Waals surface area contributed by atoms with Gasteiger partial charge in [0.05, 0.1) is 17.4 Å². The number of fused-ring (bicyclic) bond motifs is 4. The second-order valence-corrected chi connectivity index (χ2v) is 7.24. The van der Waals surface area contributed by atoms with E-state index in [0.29, 0.717) is 17.2 Å². The first-order valence-electron chi connectivity index (χ1n) is 8.02. The zero-order valence-electron chi connectivity index (χ0n) is 13.1. The third-order valence-corrected chi connectivity index (χ3v) is 5.54. The van der Waals surface area contributed by atoms with Gasteiger partial charge < -0.3 is 9.42 Å². The van der Waals surface area contributed by atoms with Crippen LogP contribution in [-0.2, 0) is 6.54 Å². The summed E-state index contributed by atoms with van der Waals surface area (Å²) in [6.45, 7) is 5.47. The van der Waals surface area contributed by atoms with Gasteiger partial charge in [0, 0.05) is 37.6 Å². The minimum absolute atomic E-state index is 0.0639. The summed E-state index contributed by atoms with van der Waals surface area (Å²) in [7, 11) is 0. The van der Waals surface area contributed by atoms with Gasteiger partial charge in [0.15, 0.2) is 0 Å². The SMILES string of the molecule is Cc1oncc1C(=O)N1C[C@@H]2CC[C@H]1CN(Cc1cscn1)C2. The van der Waals surface area contributed by atoms with Gasteiger partial charge in [0.1, 0.15) is 11.3 Å². The Hall–Kier alpha value is -1.73. The van der Waals surface area contributed by atoms with Gasteiger partial charge in [-0.25, -0.2) is 4.98 Å². The minimum Gasteiger partial charge on any atom is -0.361 e. The number of carbonyl (C=O) groups excluding carboxylic acids is 1. The molecule has 3 aliphatic heterocycles. The average Bonchev–Trinajstić information content (AvgIpc) is 3.11. The number of aromatic nitrogens is 2. The number of hydrogen-bond donors (Lipinski definition) is 0. The lowest BCUT2D eigenvalue weighted by atomic mass is 9.94.